The molecule has 2 rings (SSSR count). The predicted molar refractivity (Wildman–Crippen MR) is 80.9 cm³/mol. The first kappa shape index (κ1) is 15.5. The van der Waals surface area contributed by atoms with Crippen molar-refractivity contribution in [1.29, 1.82) is 5.26 Å². The van der Waals surface area contributed by atoms with Crippen LogP contribution >= 0.6 is 0 Å². The lowest BCUT2D eigenvalue weighted by Crippen LogP contribution is -2.32. The molecule has 1 atom stereocenters. The monoisotopic (exact) mass is 298 g/mol. The number of nitrogens with one attached hydrogen (secondary N) is 1. The van der Waals surface area contributed by atoms with Gasteiger partial charge in [0.05, 0.1) is 11.3 Å². The maximum absolute atomic E-state index is 12.9. The smallest absolute Gasteiger partial charge is 0.265 e. The fraction of sp³-hybridized carbons (Fsp3) is 0.176. The average Bonchev–Trinajstić information content (AvgIpc) is 2.54. The van der Waals surface area contributed by atoms with Crippen LogP contribution in [0.15, 0.2) is 48.5 Å². The summed E-state index contributed by atoms with van der Waals surface area (Å²) >= 11 is 0. The zero-order chi connectivity index (χ0) is 15.9. The number of para-hydroxylation sites is 1. The van der Waals surface area contributed by atoms with Crippen molar-refractivity contribution in [3.63, 3.8) is 0 Å². The van der Waals surface area contributed by atoms with E-state index in [1.165, 1.54) is 24.3 Å². The molecule has 0 aliphatic carbocycles. The summed E-state index contributed by atoms with van der Waals surface area (Å²) in [6.45, 7) is 1.81. The second-order valence-electron chi connectivity index (χ2n) is 4.62. The van der Waals surface area contributed by atoms with Crippen LogP contribution in [0.4, 0.5) is 10.1 Å². The van der Waals surface area contributed by atoms with E-state index in [-0.39, 0.29) is 11.7 Å². The minimum Gasteiger partial charge on any atom is -0.481 e. The predicted octanol–water partition coefficient (Wildman–Crippen LogP) is 3.49. The maximum Gasteiger partial charge on any atom is 0.265 e. The fourth-order valence-corrected chi connectivity index (χ4v) is 1.90. The van der Waals surface area contributed by atoms with Crippen LogP contribution in [0.2, 0.25) is 0 Å². The Morgan fingerprint density at radius 2 is 1.95 bits per heavy atom. The number of nitriles is 1. The minimum absolute atomic E-state index is 0.352. The highest BCUT2D eigenvalue weighted by Crippen LogP contribution is 2.17. The summed E-state index contributed by atoms with van der Waals surface area (Å²) in [5.41, 5.74) is 0.823. The van der Waals surface area contributed by atoms with Gasteiger partial charge in [-0.15, -0.1) is 0 Å². The summed E-state index contributed by atoms with van der Waals surface area (Å²) in [4.78, 5) is 12.3. The molecule has 0 fully saturated rings. The van der Waals surface area contributed by atoms with Crippen molar-refractivity contribution < 1.29 is 13.9 Å². The van der Waals surface area contributed by atoms with Crippen LogP contribution in [0.5, 0.6) is 5.75 Å². The third kappa shape index (κ3) is 3.83. The lowest BCUT2D eigenvalue weighted by molar-refractivity contribution is -0.122. The number of rotatable bonds is 5. The van der Waals surface area contributed by atoms with E-state index in [0.717, 1.165) is 0 Å². The van der Waals surface area contributed by atoms with Crippen LogP contribution in [0.1, 0.15) is 18.9 Å². The van der Waals surface area contributed by atoms with E-state index < -0.39 is 6.10 Å². The largest absolute Gasteiger partial charge is 0.481 e. The summed E-state index contributed by atoms with van der Waals surface area (Å²) in [5.74, 6) is -0.306. The van der Waals surface area contributed by atoms with Crippen LogP contribution < -0.4 is 10.1 Å². The second kappa shape index (κ2) is 7.23. The molecular formula is C17H15FN2O2. The highest BCUT2D eigenvalue weighted by atomic mass is 19.1. The number of hydrogen-bond donors (Lipinski definition) is 1. The molecule has 1 unspecified atom stereocenters. The van der Waals surface area contributed by atoms with Gasteiger partial charge in [-0.25, -0.2) is 4.39 Å². The number of amides is 1. The van der Waals surface area contributed by atoms with Crippen molar-refractivity contribution in [3.8, 4) is 11.8 Å². The molecule has 2 aromatic carbocycles. The van der Waals surface area contributed by atoms with Crippen LogP contribution in [0.3, 0.4) is 0 Å². The number of anilines is 1. The third-order valence-corrected chi connectivity index (χ3v) is 3.06. The zero-order valence-corrected chi connectivity index (χ0v) is 12.0. The van der Waals surface area contributed by atoms with Crippen molar-refractivity contribution >= 4 is 11.6 Å². The first-order valence-corrected chi connectivity index (χ1v) is 6.86. The molecule has 0 aliphatic heterocycles. The maximum atomic E-state index is 12.9. The van der Waals surface area contributed by atoms with E-state index in [2.05, 4.69) is 5.32 Å². The van der Waals surface area contributed by atoms with Crippen molar-refractivity contribution in [2.45, 2.75) is 19.4 Å². The van der Waals surface area contributed by atoms with Crippen LogP contribution in [-0.2, 0) is 4.79 Å². The Morgan fingerprint density at radius 3 is 2.59 bits per heavy atom. The Hall–Kier alpha value is -2.87. The SMILES string of the molecule is CCC(Oc1ccc(F)cc1)C(=O)Nc1ccccc1C#N. The molecule has 1 amide bonds. The third-order valence-electron chi connectivity index (χ3n) is 3.06. The molecule has 0 saturated carbocycles. The Kier molecular flexibility index (Phi) is 5.10. The second-order valence-corrected chi connectivity index (χ2v) is 4.62. The van der Waals surface area contributed by atoms with E-state index in [4.69, 9.17) is 10.00 Å². The lowest BCUT2D eigenvalue weighted by atomic mass is 10.2. The van der Waals surface area contributed by atoms with E-state index in [1.807, 2.05) is 13.0 Å². The topological polar surface area (TPSA) is 62.1 Å². The first-order chi connectivity index (χ1) is 10.6. The van der Waals surface area contributed by atoms with Gasteiger partial charge in [0.2, 0.25) is 0 Å². The molecule has 0 bridgehead atoms. The number of carbonyl (C=O) groups excluding carboxylic acids is 1. The van der Waals surface area contributed by atoms with Gasteiger partial charge in [0.25, 0.3) is 5.91 Å². The summed E-state index contributed by atoms with van der Waals surface area (Å²) in [5, 5.41) is 11.7. The van der Waals surface area contributed by atoms with Gasteiger partial charge in [-0.3, -0.25) is 4.79 Å². The molecule has 2 aromatic rings. The fourth-order valence-electron chi connectivity index (χ4n) is 1.90. The van der Waals surface area contributed by atoms with Crippen molar-refractivity contribution in [3.05, 3.63) is 59.9 Å². The van der Waals surface area contributed by atoms with Gasteiger partial charge in [-0.05, 0) is 42.8 Å². The molecular weight excluding hydrogens is 283 g/mol. The molecule has 5 heteroatoms. The first-order valence-electron chi connectivity index (χ1n) is 6.86. The van der Waals surface area contributed by atoms with E-state index >= 15 is 0 Å². The Morgan fingerprint density at radius 1 is 1.27 bits per heavy atom. The quantitative estimate of drug-likeness (QED) is 0.919. The van der Waals surface area contributed by atoms with Gasteiger partial charge in [0, 0.05) is 0 Å². The molecule has 22 heavy (non-hydrogen) atoms. The molecule has 0 saturated heterocycles. The summed E-state index contributed by atoms with van der Waals surface area (Å²) in [6, 6.07) is 14.2. The molecule has 1 N–H and O–H groups in total. The highest BCUT2D eigenvalue weighted by molar-refractivity contribution is 5.95. The average molecular weight is 298 g/mol. The molecule has 0 aliphatic rings. The molecule has 112 valence electrons. The molecule has 0 radical (unpaired) electrons. The Labute approximate surface area is 128 Å². The van der Waals surface area contributed by atoms with Crippen LogP contribution in [0.25, 0.3) is 0 Å². The number of benzene rings is 2. The van der Waals surface area contributed by atoms with E-state index in [9.17, 15) is 9.18 Å². The summed E-state index contributed by atoms with van der Waals surface area (Å²) < 4.78 is 18.4. The number of hydrogen-bond acceptors (Lipinski definition) is 3. The standard InChI is InChI=1S/C17H15FN2O2/c1-2-16(22-14-9-7-13(18)8-10-14)17(21)20-15-6-4-3-5-12(15)11-19/h3-10,16H,2H2,1H3,(H,20,21). The van der Waals surface area contributed by atoms with Crippen molar-refractivity contribution in [1.82, 2.24) is 0 Å². The molecule has 0 aromatic heterocycles. The molecule has 4 nitrogen and oxygen atoms in total. The van der Waals surface area contributed by atoms with Crippen molar-refractivity contribution in [2.75, 3.05) is 5.32 Å². The van der Waals surface area contributed by atoms with Gasteiger partial charge < -0.3 is 10.1 Å². The zero-order valence-electron chi connectivity index (χ0n) is 12.0. The number of halogens is 1. The van der Waals surface area contributed by atoms with Crippen molar-refractivity contribution in [2.24, 2.45) is 0 Å². The number of ether oxygens (including phenoxy) is 1. The summed E-state index contributed by atoms with van der Waals surface area (Å²) in [6.07, 6.45) is -0.282. The van der Waals surface area contributed by atoms with Gasteiger partial charge in [-0.2, -0.15) is 5.26 Å². The van der Waals surface area contributed by atoms with E-state index in [1.54, 1.807) is 24.3 Å². The normalized spacial score (nSPS) is 11.3. The van der Waals surface area contributed by atoms with Crippen LogP contribution in [-0.4, -0.2) is 12.0 Å². The lowest BCUT2D eigenvalue weighted by Gasteiger charge is -2.17. The Balaban J connectivity index is 2.09. The van der Waals surface area contributed by atoms with Gasteiger partial charge in [0.15, 0.2) is 6.10 Å². The molecule has 0 heterocycles. The number of nitrogens with zero attached hydrogens (tertiary/aromatic N) is 1. The number of carbonyl (C=O) groups is 1. The van der Waals surface area contributed by atoms with Gasteiger partial charge in [0.1, 0.15) is 17.6 Å². The Bertz CT molecular complexity index is 693. The van der Waals surface area contributed by atoms with Crippen LogP contribution in [0, 0.1) is 17.1 Å². The summed E-state index contributed by atoms with van der Waals surface area (Å²) in [7, 11) is 0. The van der Waals surface area contributed by atoms with E-state index in [0.29, 0.717) is 23.4 Å². The molecule has 0 spiro atoms. The van der Waals surface area contributed by atoms with Gasteiger partial charge in [-0.1, -0.05) is 19.1 Å². The van der Waals surface area contributed by atoms with Gasteiger partial charge >= 0.3 is 0 Å². The minimum atomic E-state index is -0.725. The highest BCUT2D eigenvalue weighted by Gasteiger charge is 2.19.